The number of methoxy groups -OCH3 is 1. The monoisotopic (exact) mass is 474 g/mol. The number of rotatable bonds is 10. The molecule has 34 heavy (non-hydrogen) atoms. The molecule has 0 aliphatic rings. The van der Waals surface area contributed by atoms with Gasteiger partial charge in [0.15, 0.2) is 11.0 Å². The third-order valence-corrected chi connectivity index (χ3v) is 6.21. The van der Waals surface area contributed by atoms with Crippen LogP contribution in [0.25, 0.3) is 11.1 Å². The van der Waals surface area contributed by atoms with Gasteiger partial charge in [0.2, 0.25) is 0 Å². The Morgan fingerprint density at radius 1 is 1.03 bits per heavy atom. The fourth-order valence-electron chi connectivity index (χ4n) is 3.45. The number of thioether (sulfide) groups is 1. The minimum atomic E-state index is -0.427. The number of aromatic nitrogens is 3. The minimum absolute atomic E-state index is 0.237. The van der Waals surface area contributed by atoms with E-state index in [-0.39, 0.29) is 6.61 Å². The molecule has 3 aromatic carbocycles. The van der Waals surface area contributed by atoms with Crippen LogP contribution in [0.2, 0.25) is 0 Å². The molecule has 172 valence electrons. The van der Waals surface area contributed by atoms with E-state index in [9.17, 15) is 9.65 Å². The molecule has 0 atom stereocenters. The first-order valence-corrected chi connectivity index (χ1v) is 11.7. The normalized spacial score (nSPS) is 10.7. The van der Waals surface area contributed by atoms with E-state index in [1.165, 1.54) is 23.9 Å². The number of benzene rings is 3. The number of hydrogen-bond acceptors (Lipinski definition) is 6. The van der Waals surface area contributed by atoms with Gasteiger partial charge in [-0.05, 0) is 29.3 Å². The Labute approximate surface area is 202 Å². The summed E-state index contributed by atoms with van der Waals surface area (Å²) in [6, 6.07) is 24.2. The van der Waals surface area contributed by atoms with Gasteiger partial charge >= 0.3 is 0 Å². The molecule has 0 N–H and O–H groups in total. The largest absolute Gasteiger partial charge is 0.485 e. The van der Waals surface area contributed by atoms with Crippen LogP contribution in [0, 0.1) is 17.1 Å². The molecule has 0 saturated carbocycles. The van der Waals surface area contributed by atoms with Gasteiger partial charge in [-0.2, -0.15) is 5.26 Å². The quantitative estimate of drug-likeness (QED) is 0.284. The average molecular weight is 475 g/mol. The van der Waals surface area contributed by atoms with Crippen molar-refractivity contribution in [2.45, 2.75) is 24.1 Å². The van der Waals surface area contributed by atoms with Gasteiger partial charge in [-0.3, -0.25) is 0 Å². The number of nitrogens with zero attached hydrogens (tertiary/aromatic N) is 4. The highest BCUT2D eigenvalue weighted by molar-refractivity contribution is 7.98. The van der Waals surface area contributed by atoms with Gasteiger partial charge in [0.05, 0.1) is 18.2 Å². The maximum atomic E-state index is 13.5. The average Bonchev–Trinajstić information content (AvgIpc) is 3.27. The summed E-state index contributed by atoms with van der Waals surface area (Å²) in [6.07, 6.45) is 0. The van der Waals surface area contributed by atoms with Gasteiger partial charge in [0.1, 0.15) is 18.2 Å². The number of nitriles is 1. The zero-order chi connectivity index (χ0) is 23.8. The molecule has 0 fully saturated rings. The molecule has 1 aromatic heterocycles. The van der Waals surface area contributed by atoms with E-state index in [4.69, 9.17) is 9.47 Å². The van der Waals surface area contributed by atoms with Crippen molar-refractivity contribution in [2.75, 3.05) is 13.7 Å². The molecular weight excluding hydrogens is 451 g/mol. The van der Waals surface area contributed by atoms with Crippen molar-refractivity contribution in [3.8, 4) is 22.9 Å². The molecule has 0 amide bonds. The SMILES string of the molecule is COCCn1c(COc2ccccc2-c2ccccc2)nnc1SCc1ccc(F)cc1C#N. The molecule has 4 rings (SSSR count). The second-order valence-electron chi connectivity index (χ2n) is 7.40. The molecule has 1 heterocycles. The van der Waals surface area contributed by atoms with Crippen molar-refractivity contribution in [1.82, 2.24) is 14.8 Å². The van der Waals surface area contributed by atoms with Crippen LogP contribution in [-0.4, -0.2) is 28.5 Å². The summed E-state index contributed by atoms with van der Waals surface area (Å²) < 4.78 is 26.8. The van der Waals surface area contributed by atoms with Crippen molar-refractivity contribution in [3.63, 3.8) is 0 Å². The smallest absolute Gasteiger partial charge is 0.191 e. The van der Waals surface area contributed by atoms with Gasteiger partial charge < -0.3 is 14.0 Å². The third kappa shape index (κ3) is 5.63. The summed E-state index contributed by atoms with van der Waals surface area (Å²) in [7, 11) is 1.64. The van der Waals surface area contributed by atoms with Crippen LogP contribution in [0.4, 0.5) is 4.39 Å². The topological polar surface area (TPSA) is 73.0 Å². The summed E-state index contributed by atoms with van der Waals surface area (Å²) in [4.78, 5) is 0. The standard InChI is InChI=1S/C26H23FN4O2S/c1-32-14-13-31-25(17-33-24-10-6-5-9-23(24)19-7-3-2-4-8-19)29-30-26(31)34-18-20-11-12-22(27)15-21(20)16-28/h2-12,15H,13-14,17-18H2,1H3. The molecule has 8 heteroatoms. The lowest BCUT2D eigenvalue weighted by Gasteiger charge is -2.13. The molecule has 0 spiro atoms. The molecular formula is C26H23FN4O2S. The van der Waals surface area contributed by atoms with E-state index < -0.39 is 5.82 Å². The van der Waals surface area contributed by atoms with Crippen LogP contribution in [0.5, 0.6) is 5.75 Å². The molecule has 0 bridgehead atoms. The highest BCUT2D eigenvalue weighted by Gasteiger charge is 2.15. The highest BCUT2D eigenvalue weighted by atomic mass is 32.2. The van der Waals surface area contributed by atoms with Crippen molar-refractivity contribution in [2.24, 2.45) is 0 Å². The summed E-state index contributed by atoms with van der Waals surface area (Å²) in [6.45, 7) is 1.28. The zero-order valence-corrected chi connectivity index (χ0v) is 19.5. The van der Waals surface area contributed by atoms with Crippen LogP contribution in [-0.2, 0) is 23.6 Å². The first kappa shape index (κ1) is 23.5. The Hall–Kier alpha value is -3.67. The van der Waals surface area contributed by atoms with Crippen LogP contribution >= 0.6 is 11.8 Å². The molecule has 0 aliphatic heterocycles. The van der Waals surface area contributed by atoms with Crippen LogP contribution in [0.1, 0.15) is 17.0 Å². The molecule has 0 radical (unpaired) electrons. The molecule has 0 aliphatic carbocycles. The van der Waals surface area contributed by atoms with Crippen molar-refractivity contribution < 1.29 is 13.9 Å². The van der Waals surface area contributed by atoms with Gasteiger partial charge in [0, 0.05) is 25.0 Å². The zero-order valence-electron chi connectivity index (χ0n) is 18.6. The van der Waals surface area contributed by atoms with E-state index in [0.717, 1.165) is 22.4 Å². The lowest BCUT2D eigenvalue weighted by atomic mass is 10.1. The predicted molar refractivity (Wildman–Crippen MR) is 129 cm³/mol. The van der Waals surface area contributed by atoms with Gasteiger partial charge in [-0.25, -0.2) is 4.39 Å². The van der Waals surface area contributed by atoms with Gasteiger partial charge in [0.25, 0.3) is 0 Å². The van der Waals surface area contributed by atoms with E-state index >= 15 is 0 Å². The molecule has 6 nitrogen and oxygen atoms in total. The van der Waals surface area contributed by atoms with E-state index in [0.29, 0.717) is 35.4 Å². The Kier molecular flexibility index (Phi) is 7.91. The van der Waals surface area contributed by atoms with Crippen molar-refractivity contribution in [1.29, 1.82) is 5.26 Å². The van der Waals surface area contributed by atoms with Crippen molar-refractivity contribution in [3.05, 3.63) is 95.6 Å². The van der Waals surface area contributed by atoms with Crippen molar-refractivity contribution >= 4 is 11.8 Å². The lowest BCUT2D eigenvalue weighted by molar-refractivity contribution is 0.181. The predicted octanol–water partition coefficient (Wildman–Crippen LogP) is 5.47. The Bertz CT molecular complexity index is 1290. The molecule has 4 aromatic rings. The first-order chi connectivity index (χ1) is 16.7. The molecule has 0 saturated heterocycles. The van der Waals surface area contributed by atoms with E-state index in [1.54, 1.807) is 13.2 Å². The Balaban J connectivity index is 1.52. The number of ether oxygens (including phenoxy) is 2. The first-order valence-electron chi connectivity index (χ1n) is 10.7. The highest BCUT2D eigenvalue weighted by Crippen LogP contribution is 2.30. The lowest BCUT2D eigenvalue weighted by Crippen LogP contribution is -2.12. The number of hydrogen-bond donors (Lipinski definition) is 0. The van der Waals surface area contributed by atoms with E-state index in [1.807, 2.05) is 65.2 Å². The third-order valence-electron chi connectivity index (χ3n) is 5.19. The fraction of sp³-hybridized carbons (Fsp3) is 0.192. The summed E-state index contributed by atoms with van der Waals surface area (Å²) in [5.74, 6) is 1.46. The summed E-state index contributed by atoms with van der Waals surface area (Å²) >= 11 is 1.43. The van der Waals surface area contributed by atoms with Gasteiger partial charge in [-0.1, -0.05) is 66.4 Å². The van der Waals surface area contributed by atoms with Crippen LogP contribution < -0.4 is 4.74 Å². The maximum Gasteiger partial charge on any atom is 0.191 e. The number of halogens is 1. The van der Waals surface area contributed by atoms with E-state index in [2.05, 4.69) is 10.2 Å². The van der Waals surface area contributed by atoms with Gasteiger partial charge in [-0.15, -0.1) is 10.2 Å². The summed E-state index contributed by atoms with van der Waals surface area (Å²) in [5.41, 5.74) is 3.13. The Morgan fingerprint density at radius 3 is 2.62 bits per heavy atom. The second-order valence-corrected chi connectivity index (χ2v) is 8.34. The number of para-hydroxylation sites is 1. The molecule has 0 unspecified atom stereocenters. The fourth-order valence-corrected chi connectivity index (χ4v) is 4.44. The summed E-state index contributed by atoms with van der Waals surface area (Å²) in [5, 5.41) is 18.7. The second kappa shape index (κ2) is 11.5. The van der Waals surface area contributed by atoms with Crippen LogP contribution in [0.15, 0.2) is 78.0 Å². The minimum Gasteiger partial charge on any atom is -0.485 e. The maximum absolute atomic E-state index is 13.5. The Morgan fingerprint density at radius 2 is 1.82 bits per heavy atom. The van der Waals surface area contributed by atoms with Crippen LogP contribution in [0.3, 0.4) is 0 Å².